The number of carbonyl (C=O) groups is 3. The van der Waals surface area contributed by atoms with E-state index in [4.69, 9.17) is 19.9 Å². The van der Waals surface area contributed by atoms with Gasteiger partial charge in [-0.3, -0.25) is 20.1 Å². The van der Waals surface area contributed by atoms with E-state index < -0.39 is 48.3 Å². The lowest BCUT2D eigenvalue weighted by Crippen LogP contribution is -2.38. The molecule has 1 unspecified atom stereocenters. The summed E-state index contributed by atoms with van der Waals surface area (Å²) < 4.78 is 16.2. The van der Waals surface area contributed by atoms with E-state index in [1.807, 2.05) is 39.8 Å². The summed E-state index contributed by atoms with van der Waals surface area (Å²) in [6.07, 6.45) is 2.53. The zero-order valence-corrected chi connectivity index (χ0v) is 28.3. The Hall–Kier alpha value is -2.97. The van der Waals surface area contributed by atoms with Crippen LogP contribution in [0.2, 0.25) is 0 Å². The quantitative estimate of drug-likeness (QED) is 0.0434. The number of allylic oxidation sites excluding steroid dienone is 4. The second-order valence-electron chi connectivity index (χ2n) is 12.1. The summed E-state index contributed by atoms with van der Waals surface area (Å²) in [5.74, 6) is -1.57. The average Bonchev–Trinajstić information content (AvgIpc) is 2.95. The molecule has 45 heavy (non-hydrogen) atoms. The molecular formula is C33H54N4O8. The van der Waals surface area contributed by atoms with Crippen molar-refractivity contribution in [1.82, 2.24) is 15.5 Å². The number of hydrogen-bond acceptors (Lipinski definition) is 11. The van der Waals surface area contributed by atoms with Crippen LogP contribution in [0, 0.1) is 11.8 Å². The van der Waals surface area contributed by atoms with Crippen molar-refractivity contribution in [3.05, 3.63) is 59.0 Å². The Kier molecular flexibility index (Phi) is 17.4. The molecule has 1 rings (SSSR count). The number of ketones is 2. The molecule has 0 aromatic rings. The number of rotatable bonds is 20. The van der Waals surface area contributed by atoms with E-state index in [9.17, 15) is 24.6 Å². The molecule has 1 amide bonds. The SMILES string of the molecule is C=C(C)[C@H](OC(N)O)[C@H](/C=C\C=C(/C)C(=O)NC1=CC(=O)C(NCCN(C)C)=C(C[C@@H](C)C[C@H](OC)[C@H](O)C(C)C)C1=O)OC. The maximum Gasteiger partial charge on any atom is 0.251 e. The molecule has 6 atom stereocenters. The van der Waals surface area contributed by atoms with Crippen LogP contribution in [0.4, 0.5) is 0 Å². The Morgan fingerprint density at radius 2 is 1.78 bits per heavy atom. The monoisotopic (exact) mass is 634 g/mol. The normalized spacial score (nSPS) is 18.6. The van der Waals surface area contributed by atoms with Crippen molar-refractivity contribution in [2.45, 2.75) is 78.3 Å². The number of methoxy groups -OCH3 is 2. The zero-order chi connectivity index (χ0) is 34.4. The first kappa shape index (κ1) is 40.1. The van der Waals surface area contributed by atoms with E-state index in [0.717, 1.165) is 6.08 Å². The topological polar surface area (TPSA) is 173 Å². The molecule has 6 N–H and O–H groups in total. The Bertz CT molecular complexity index is 1160. The first-order valence-electron chi connectivity index (χ1n) is 15.1. The third-order valence-electron chi connectivity index (χ3n) is 7.35. The van der Waals surface area contributed by atoms with Gasteiger partial charge in [-0.1, -0.05) is 45.6 Å². The number of ether oxygens (including phenoxy) is 3. The van der Waals surface area contributed by atoms with Crippen LogP contribution in [0.1, 0.15) is 47.5 Å². The molecule has 254 valence electrons. The van der Waals surface area contributed by atoms with Gasteiger partial charge in [-0.2, -0.15) is 0 Å². The molecule has 0 saturated carbocycles. The highest BCUT2D eigenvalue weighted by atomic mass is 16.6. The molecule has 1 aliphatic carbocycles. The minimum Gasteiger partial charge on any atom is -0.390 e. The predicted octanol–water partition coefficient (Wildman–Crippen LogP) is 1.71. The number of nitrogens with zero attached hydrogens (tertiary/aromatic N) is 1. The van der Waals surface area contributed by atoms with Gasteiger partial charge in [0.05, 0.1) is 23.6 Å². The van der Waals surface area contributed by atoms with Gasteiger partial charge in [-0.05, 0) is 58.2 Å². The molecule has 0 radical (unpaired) electrons. The van der Waals surface area contributed by atoms with Gasteiger partial charge in [-0.15, -0.1) is 0 Å². The lowest BCUT2D eigenvalue weighted by molar-refractivity contribution is -0.145. The van der Waals surface area contributed by atoms with Crippen LogP contribution in [-0.2, 0) is 28.6 Å². The Morgan fingerprint density at radius 3 is 2.29 bits per heavy atom. The summed E-state index contributed by atoms with van der Waals surface area (Å²) >= 11 is 0. The van der Waals surface area contributed by atoms with Gasteiger partial charge in [0.2, 0.25) is 18.0 Å². The molecule has 1 aliphatic rings. The van der Waals surface area contributed by atoms with E-state index in [1.54, 1.807) is 33.1 Å². The number of aliphatic hydroxyl groups excluding tert-OH is 2. The fourth-order valence-electron chi connectivity index (χ4n) is 4.75. The standard InChI is InChI=1S/C33H54N4O8/c1-19(2)29(39)27(44-10)17-21(5)16-23-28(35-14-15-37(7)8)25(38)18-24(30(23)40)36-32(41)22(6)12-11-13-26(43-9)31(20(3)4)45-33(34)42/h11-13,18-19,21,26-27,29,31,33,35,39,42H,3,14-17,34H2,1-2,4-10H3,(H,36,41)/b13-11-,22-12+/t21-,26+,27+,29-,31+,33?/m1/s1. The fourth-order valence-corrected chi connectivity index (χ4v) is 4.75. The van der Waals surface area contributed by atoms with Crippen molar-refractivity contribution in [3.8, 4) is 0 Å². The first-order valence-corrected chi connectivity index (χ1v) is 15.1. The van der Waals surface area contributed by atoms with Crippen LogP contribution in [-0.4, -0.2) is 105 Å². The maximum absolute atomic E-state index is 13.7. The molecule has 0 aromatic carbocycles. The summed E-state index contributed by atoms with van der Waals surface area (Å²) in [5.41, 5.74) is 6.55. The lowest BCUT2D eigenvalue weighted by Gasteiger charge is -2.28. The molecular weight excluding hydrogens is 580 g/mol. The van der Waals surface area contributed by atoms with Gasteiger partial charge in [0, 0.05) is 44.5 Å². The van der Waals surface area contributed by atoms with Gasteiger partial charge < -0.3 is 40.0 Å². The van der Waals surface area contributed by atoms with Gasteiger partial charge in [0.1, 0.15) is 12.2 Å². The third kappa shape index (κ3) is 13.1. The van der Waals surface area contributed by atoms with E-state index >= 15 is 0 Å². The number of amides is 1. The molecule has 0 aliphatic heterocycles. The van der Waals surface area contributed by atoms with Crippen molar-refractivity contribution < 1.29 is 38.8 Å². The molecule has 12 nitrogen and oxygen atoms in total. The van der Waals surface area contributed by atoms with E-state index in [2.05, 4.69) is 17.2 Å². The maximum atomic E-state index is 13.7. The molecule has 0 bridgehead atoms. The highest BCUT2D eigenvalue weighted by Crippen LogP contribution is 2.27. The number of nitrogens with two attached hydrogens (primary N) is 1. The van der Waals surface area contributed by atoms with Crippen molar-refractivity contribution in [3.63, 3.8) is 0 Å². The Labute approximate surface area is 268 Å². The third-order valence-corrected chi connectivity index (χ3v) is 7.35. The molecule has 0 heterocycles. The Morgan fingerprint density at radius 1 is 1.13 bits per heavy atom. The average molecular weight is 635 g/mol. The number of likely N-dealkylation sites (N-methyl/N-ethyl adjacent to an activating group) is 1. The summed E-state index contributed by atoms with van der Waals surface area (Å²) in [5, 5.41) is 25.7. The van der Waals surface area contributed by atoms with Crippen molar-refractivity contribution in [2.75, 3.05) is 41.4 Å². The van der Waals surface area contributed by atoms with E-state index in [0.29, 0.717) is 25.1 Å². The zero-order valence-electron chi connectivity index (χ0n) is 28.3. The van der Waals surface area contributed by atoms with E-state index in [-0.39, 0.29) is 40.8 Å². The van der Waals surface area contributed by atoms with Crippen LogP contribution < -0.4 is 16.4 Å². The predicted molar refractivity (Wildman–Crippen MR) is 173 cm³/mol. The van der Waals surface area contributed by atoms with Crippen LogP contribution in [0.25, 0.3) is 0 Å². The number of nitrogens with one attached hydrogen (secondary N) is 2. The number of aliphatic hydroxyl groups is 2. The summed E-state index contributed by atoms with van der Waals surface area (Å²) in [6, 6.07) is 0. The van der Waals surface area contributed by atoms with E-state index in [1.165, 1.54) is 13.2 Å². The summed E-state index contributed by atoms with van der Waals surface area (Å²) in [4.78, 5) is 42.0. The number of carbonyl (C=O) groups excluding carboxylic acids is 3. The van der Waals surface area contributed by atoms with Gasteiger partial charge in [0.25, 0.3) is 5.91 Å². The summed E-state index contributed by atoms with van der Waals surface area (Å²) in [6.45, 7) is 13.9. The molecule has 0 fully saturated rings. The van der Waals surface area contributed by atoms with Crippen LogP contribution in [0.15, 0.2) is 59.0 Å². The van der Waals surface area contributed by atoms with Crippen molar-refractivity contribution in [1.29, 1.82) is 0 Å². The van der Waals surface area contributed by atoms with Gasteiger partial charge in [0.15, 0.2) is 0 Å². The van der Waals surface area contributed by atoms with Crippen molar-refractivity contribution >= 4 is 17.5 Å². The number of hydrogen-bond donors (Lipinski definition) is 5. The number of Topliss-reactive ketones (excluding diaryl/α,β-unsaturated/α-hetero) is 1. The second-order valence-corrected chi connectivity index (χ2v) is 12.1. The molecule has 0 aromatic heterocycles. The highest BCUT2D eigenvalue weighted by Gasteiger charge is 2.32. The summed E-state index contributed by atoms with van der Waals surface area (Å²) in [7, 11) is 6.81. The second kappa shape index (κ2) is 19.5. The largest absolute Gasteiger partial charge is 0.390 e. The van der Waals surface area contributed by atoms with Crippen molar-refractivity contribution in [2.24, 2.45) is 17.6 Å². The smallest absolute Gasteiger partial charge is 0.251 e. The fraction of sp³-hybridized carbons (Fsp3) is 0.606. The minimum absolute atomic E-state index is 0.0153. The van der Waals surface area contributed by atoms with Crippen LogP contribution >= 0.6 is 0 Å². The first-order chi connectivity index (χ1) is 21.0. The van der Waals surface area contributed by atoms with Gasteiger partial charge >= 0.3 is 0 Å². The molecule has 0 spiro atoms. The van der Waals surface area contributed by atoms with Crippen LogP contribution in [0.5, 0.6) is 0 Å². The van der Waals surface area contributed by atoms with Crippen LogP contribution in [0.3, 0.4) is 0 Å². The molecule has 0 saturated heterocycles. The lowest BCUT2D eigenvalue weighted by atomic mass is 9.85. The van der Waals surface area contributed by atoms with Gasteiger partial charge in [-0.25, -0.2) is 0 Å². The minimum atomic E-state index is -1.52. The highest BCUT2D eigenvalue weighted by molar-refractivity contribution is 6.23. The Balaban J connectivity index is 3.19. The molecule has 12 heteroatoms.